The fourth-order valence-corrected chi connectivity index (χ4v) is 4.37. The molecule has 2 aliphatic rings. The third kappa shape index (κ3) is 5.22. The van der Waals surface area contributed by atoms with E-state index < -0.39 is 12.2 Å². The van der Waals surface area contributed by atoms with Crippen LogP contribution in [0.2, 0.25) is 0 Å². The summed E-state index contributed by atoms with van der Waals surface area (Å²) in [6.45, 7) is 3.29. The van der Waals surface area contributed by atoms with Crippen LogP contribution in [0.4, 0.5) is 20.6 Å². The Hall–Kier alpha value is -3.67. The smallest absolute Gasteiger partial charge is 0.414 e. The second kappa shape index (κ2) is 9.86. The van der Waals surface area contributed by atoms with Crippen molar-refractivity contribution in [2.45, 2.75) is 32.3 Å². The maximum Gasteiger partial charge on any atom is 0.414 e. The van der Waals surface area contributed by atoms with Crippen LogP contribution in [-0.2, 0) is 16.0 Å². The van der Waals surface area contributed by atoms with Gasteiger partial charge in [0.15, 0.2) is 0 Å². The third-order valence-corrected chi connectivity index (χ3v) is 6.14. The fraction of sp³-hybridized carbons (Fsp3) is 0.417. The lowest BCUT2D eigenvalue weighted by Crippen LogP contribution is -2.35. The number of carbonyl (C=O) groups is 2. The summed E-state index contributed by atoms with van der Waals surface area (Å²) in [5, 5.41) is 11.9. The Bertz CT molecular complexity index is 1080. The lowest BCUT2D eigenvalue weighted by Gasteiger charge is -2.34. The zero-order valence-corrected chi connectivity index (χ0v) is 18.5. The molecule has 9 heteroatoms. The monoisotopic (exact) mass is 451 g/mol. The number of ether oxygens (including phenoxy) is 1. The van der Waals surface area contributed by atoms with Gasteiger partial charge in [-0.2, -0.15) is 5.26 Å². The second-order valence-corrected chi connectivity index (χ2v) is 8.43. The highest BCUT2D eigenvalue weighted by Gasteiger charge is 2.33. The van der Waals surface area contributed by atoms with Gasteiger partial charge in [-0.05, 0) is 55.5 Å². The third-order valence-electron chi connectivity index (χ3n) is 6.14. The highest BCUT2D eigenvalue weighted by Crippen LogP contribution is 2.31. The van der Waals surface area contributed by atoms with Crippen LogP contribution in [0.5, 0.6) is 0 Å². The maximum atomic E-state index is 15.0. The van der Waals surface area contributed by atoms with E-state index in [0.29, 0.717) is 35.9 Å². The number of nitrogens with one attached hydrogen (secondary N) is 1. The van der Waals surface area contributed by atoms with Gasteiger partial charge in [0.1, 0.15) is 18.0 Å². The first-order chi connectivity index (χ1) is 15.9. The van der Waals surface area contributed by atoms with Crippen molar-refractivity contribution in [1.82, 2.24) is 10.3 Å². The minimum absolute atomic E-state index is 0.200. The molecular formula is C24H26FN5O3. The summed E-state index contributed by atoms with van der Waals surface area (Å²) in [6, 6.07) is 10.5. The van der Waals surface area contributed by atoms with Crippen LogP contribution in [0.1, 0.15) is 31.0 Å². The number of anilines is 2. The van der Waals surface area contributed by atoms with Gasteiger partial charge in [0.25, 0.3) is 0 Å². The Kier molecular flexibility index (Phi) is 6.73. The van der Waals surface area contributed by atoms with E-state index in [-0.39, 0.29) is 24.8 Å². The fourth-order valence-electron chi connectivity index (χ4n) is 4.37. The van der Waals surface area contributed by atoms with Gasteiger partial charge in [-0.15, -0.1) is 0 Å². The topological polar surface area (TPSA) is 98.6 Å². The largest absolute Gasteiger partial charge is 0.442 e. The van der Waals surface area contributed by atoms with Crippen molar-refractivity contribution in [3.8, 4) is 6.07 Å². The molecular weight excluding hydrogens is 425 g/mol. The zero-order valence-electron chi connectivity index (χ0n) is 18.5. The number of carbonyl (C=O) groups excluding carboxylic acids is 2. The molecule has 33 heavy (non-hydrogen) atoms. The van der Waals surface area contributed by atoms with E-state index in [1.54, 1.807) is 30.5 Å². The lowest BCUT2D eigenvalue weighted by molar-refractivity contribution is -0.119. The SMILES string of the molecule is CC(=O)NC[C@H]1CN(c2ccc(N3CCC(Cc4ncccc4C#N)CC3)c(F)c2)C(=O)O1. The molecule has 0 spiro atoms. The first kappa shape index (κ1) is 22.5. The van der Waals surface area contributed by atoms with Gasteiger partial charge < -0.3 is 15.0 Å². The van der Waals surface area contributed by atoms with Gasteiger partial charge in [-0.3, -0.25) is 14.7 Å². The van der Waals surface area contributed by atoms with E-state index in [0.717, 1.165) is 25.0 Å². The van der Waals surface area contributed by atoms with E-state index >= 15 is 0 Å². The number of cyclic esters (lactones) is 1. The minimum atomic E-state index is -0.551. The molecule has 0 unspecified atom stereocenters. The highest BCUT2D eigenvalue weighted by atomic mass is 19.1. The molecule has 3 heterocycles. The van der Waals surface area contributed by atoms with E-state index in [1.165, 1.54) is 17.9 Å². The molecule has 1 aromatic heterocycles. The molecule has 0 aliphatic carbocycles. The van der Waals surface area contributed by atoms with Crippen molar-refractivity contribution >= 4 is 23.4 Å². The van der Waals surface area contributed by atoms with E-state index in [4.69, 9.17) is 4.74 Å². The van der Waals surface area contributed by atoms with Crippen molar-refractivity contribution in [2.75, 3.05) is 36.0 Å². The molecule has 0 saturated carbocycles. The molecule has 1 N–H and O–H groups in total. The number of hydrogen-bond acceptors (Lipinski definition) is 6. The van der Waals surface area contributed by atoms with Crippen molar-refractivity contribution in [3.63, 3.8) is 0 Å². The number of hydrogen-bond donors (Lipinski definition) is 1. The molecule has 172 valence electrons. The number of nitrogens with zero attached hydrogens (tertiary/aromatic N) is 4. The van der Waals surface area contributed by atoms with Crippen molar-refractivity contribution in [3.05, 3.63) is 53.6 Å². The summed E-state index contributed by atoms with van der Waals surface area (Å²) in [5.74, 6) is -0.194. The minimum Gasteiger partial charge on any atom is -0.442 e. The molecule has 1 atom stereocenters. The Morgan fingerprint density at radius 2 is 2.12 bits per heavy atom. The van der Waals surface area contributed by atoms with E-state index in [9.17, 15) is 19.2 Å². The molecule has 2 aliphatic heterocycles. The summed E-state index contributed by atoms with van der Waals surface area (Å²) < 4.78 is 20.2. The second-order valence-electron chi connectivity index (χ2n) is 8.43. The van der Waals surface area contributed by atoms with Gasteiger partial charge in [-0.25, -0.2) is 9.18 Å². The van der Waals surface area contributed by atoms with Crippen LogP contribution in [0, 0.1) is 23.1 Å². The number of pyridine rings is 1. The van der Waals surface area contributed by atoms with Crippen LogP contribution < -0.4 is 15.1 Å². The van der Waals surface area contributed by atoms with Crippen molar-refractivity contribution in [2.24, 2.45) is 5.92 Å². The Morgan fingerprint density at radius 3 is 2.82 bits per heavy atom. The summed E-state index contributed by atoms with van der Waals surface area (Å²) in [6.07, 6.45) is 3.20. The average molecular weight is 452 g/mol. The lowest BCUT2D eigenvalue weighted by atomic mass is 9.90. The quantitative estimate of drug-likeness (QED) is 0.725. The van der Waals surface area contributed by atoms with Crippen molar-refractivity contribution in [1.29, 1.82) is 5.26 Å². The van der Waals surface area contributed by atoms with Crippen molar-refractivity contribution < 1.29 is 18.7 Å². The highest BCUT2D eigenvalue weighted by molar-refractivity contribution is 5.90. The Labute approximate surface area is 192 Å². The number of rotatable bonds is 6. The van der Waals surface area contributed by atoms with Gasteiger partial charge in [0.2, 0.25) is 5.91 Å². The molecule has 2 fully saturated rings. The van der Waals surface area contributed by atoms with Gasteiger partial charge in [0, 0.05) is 26.2 Å². The summed E-state index contributed by atoms with van der Waals surface area (Å²) >= 11 is 0. The maximum absolute atomic E-state index is 15.0. The summed E-state index contributed by atoms with van der Waals surface area (Å²) in [4.78, 5) is 31.0. The van der Waals surface area contributed by atoms with Crippen LogP contribution in [0.25, 0.3) is 0 Å². The van der Waals surface area contributed by atoms with E-state index in [2.05, 4.69) is 16.4 Å². The molecule has 8 nitrogen and oxygen atoms in total. The van der Waals surface area contributed by atoms with E-state index in [1.807, 2.05) is 4.90 Å². The molecule has 2 amide bonds. The van der Waals surface area contributed by atoms with Crippen LogP contribution in [-0.4, -0.2) is 49.3 Å². The zero-order chi connectivity index (χ0) is 23.4. The van der Waals surface area contributed by atoms with Crippen LogP contribution in [0.15, 0.2) is 36.5 Å². The average Bonchev–Trinajstić information content (AvgIpc) is 3.19. The van der Waals surface area contributed by atoms with Crippen LogP contribution in [0.3, 0.4) is 0 Å². The number of aromatic nitrogens is 1. The Balaban J connectivity index is 1.36. The van der Waals surface area contributed by atoms with Crippen LogP contribution >= 0.6 is 0 Å². The first-order valence-electron chi connectivity index (χ1n) is 11.1. The summed E-state index contributed by atoms with van der Waals surface area (Å²) in [7, 11) is 0. The Morgan fingerprint density at radius 1 is 1.33 bits per heavy atom. The van der Waals surface area contributed by atoms with Gasteiger partial charge in [0.05, 0.1) is 35.7 Å². The molecule has 0 bridgehead atoms. The van der Waals surface area contributed by atoms with Gasteiger partial charge >= 0.3 is 6.09 Å². The molecule has 1 aromatic carbocycles. The standard InChI is InChI=1S/C24H26FN5O3/c1-16(31)28-14-20-15-30(24(32)33-20)19-4-5-23(21(25)12-19)29-9-6-17(7-10-29)11-22-18(13-26)3-2-8-27-22/h2-5,8,12,17,20H,6-7,9-11,14-15H2,1H3,(H,28,31)/t20-/m0/s1. The molecule has 2 aromatic rings. The summed E-state index contributed by atoms with van der Waals surface area (Å²) in [5.41, 5.74) is 2.38. The molecule has 0 radical (unpaired) electrons. The predicted octanol–water partition coefficient (Wildman–Crippen LogP) is 3.01. The number of piperidine rings is 1. The number of benzene rings is 1. The first-order valence-corrected chi connectivity index (χ1v) is 11.1. The molecule has 2 saturated heterocycles. The number of halogens is 1. The number of amides is 2. The predicted molar refractivity (Wildman–Crippen MR) is 120 cm³/mol. The van der Waals surface area contributed by atoms with Gasteiger partial charge in [-0.1, -0.05) is 0 Å². The normalized spacial score (nSPS) is 18.7. The molecule has 4 rings (SSSR count). The number of nitriles is 1.